The summed E-state index contributed by atoms with van der Waals surface area (Å²) in [6.07, 6.45) is 5.52. The molecule has 1 unspecified atom stereocenters. The Hall–Kier alpha value is -2.98. The summed E-state index contributed by atoms with van der Waals surface area (Å²) < 4.78 is 0. The van der Waals surface area contributed by atoms with Crippen LogP contribution in [0.2, 0.25) is 0 Å². The molecule has 1 atom stereocenters. The molecule has 3 aromatic rings. The van der Waals surface area contributed by atoms with Crippen molar-refractivity contribution in [1.29, 1.82) is 0 Å². The zero-order chi connectivity index (χ0) is 20.9. The summed E-state index contributed by atoms with van der Waals surface area (Å²) in [6.45, 7) is 4.26. The minimum absolute atomic E-state index is 0.0822. The lowest BCUT2D eigenvalue weighted by Crippen LogP contribution is -2.38. The van der Waals surface area contributed by atoms with Crippen LogP contribution in [0.3, 0.4) is 0 Å². The Labute approximate surface area is 178 Å². The lowest BCUT2D eigenvalue weighted by molar-refractivity contribution is 0.0712. The van der Waals surface area contributed by atoms with Gasteiger partial charge in [-0.15, -0.1) is 0 Å². The van der Waals surface area contributed by atoms with E-state index in [1.54, 1.807) is 6.20 Å². The third kappa shape index (κ3) is 4.44. The number of piperidine rings is 1. The van der Waals surface area contributed by atoms with Crippen LogP contribution in [0.25, 0.3) is 0 Å². The van der Waals surface area contributed by atoms with E-state index in [9.17, 15) is 4.79 Å². The zero-order valence-corrected chi connectivity index (χ0v) is 17.5. The number of carbonyl (C=O) groups is 1. The fraction of sp³-hybridized carbons (Fsp3) is 0.308. The lowest BCUT2D eigenvalue weighted by Gasteiger charge is -2.32. The molecule has 0 bridgehead atoms. The molecule has 0 radical (unpaired) electrons. The van der Waals surface area contributed by atoms with Crippen LogP contribution in [0, 0.1) is 0 Å². The molecular formula is C26H29N3O. The molecule has 1 fully saturated rings. The van der Waals surface area contributed by atoms with Crippen molar-refractivity contribution >= 4 is 5.91 Å². The molecule has 1 aliphatic heterocycles. The third-order valence-electron chi connectivity index (χ3n) is 6.25. The van der Waals surface area contributed by atoms with Crippen molar-refractivity contribution in [3.63, 3.8) is 0 Å². The highest BCUT2D eigenvalue weighted by molar-refractivity contribution is 5.94. The first-order valence-corrected chi connectivity index (χ1v) is 10.7. The van der Waals surface area contributed by atoms with Gasteiger partial charge in [-0.05, 0) is 47.1 Å². The SMILES string of the molecule is CC(c1ccccc1)c1cncc(C(=O)N2CCC(c3cccc(CN)c3)CC2)c1. The van der Waals surface area contributed by atoms with Crippen LogP contribution in [0.1, 0.15) is 64.2 Å². The largest absolute Gasteiger partial charge is 0.339 e. The van der Waals surface area contributed by atoms with Crippen LogP contribution in [0.5, 0.6) is 0 Å². The molecule has 1 saturated heterocycles. The van der Waals surface area contributed by atoms with E-state index in [1.807, 2.05) is 35.4 Å². The van der Waals surface area contributed by atoms with Crippen LogP contribution in [0.4, 0.5) is 0 Å². The summed E-state index contributed by atoms with van der Waals surface area (Å²) >= 11 is 0. The molecule has 2 heterocycles. The van der Waals surface area contributed by atoms with Crippen LogP contribution in [0.15, 0.2) is 73.1 Å². The quantitative estimate of drug-likeness (QED) is 0.676. The van der Waals surface area contributed by atoms with E-state index in [0.717, 1.165) is 31.5 Å². The third-order valence-corrected chi connectivity index (χ3v) is 6.25. The number of amides is 1. The standard InChI is InChI=1S/C26H29N3O/c1-19(21-7-3-2-4-8-21)24-15-25(18-28-17-24)26(30)29-12-10-22(11-13-29)23-9-5-6-20(14-23)16-27/h2-9,14-15,17-19,22H,10-13,16,27H2,1H3. The van der Waals surface area contributed by atoms with Gasteiger partial charge in [-0.1, -0.05) is 61.5 Å². The predicted octanol–water partition coefficient (Wildman–Crippen LogP) is 4.71. The maximum absolute atomic E-state index is 13.1. The summed E-state index contributed by atoms with van der Waals surface area (Å²) in [6, 6.07) is 20.9. The second-order valence-corrected chi connectivity index (χ2v) is 8.15. The van der Waals surface area contributed by atoms with E-state index >= 15 is 0 Å². The zero-order valence-electron chi connectivity index (χ0n) is 17.5. The molecule has 1 amide bonds. The first kappa shape index (κ1) is 20.3. The van der Waals surface area contributed by atoms with Gasteiger partial charge in [0.15, 0.2) is 0 Å². The normalized spacial score (nSPS) is 15.7. The molecule has 2 N–H and O–H groups in total. The number of pyridine rings is 1. The Morgan fingerprint density at radius 2 is 1.80 bits per heavy atom. The number of aromatic nitrogens is 1. The van der Waals surface area contributed by atoms with Gasteiger partial charge in [0.2, 0.25) is 0 Å². The molecule has 154 valence electrons. The summed E-state index contributed by atoms with van der Waals surface area (Å²) in [5.41, 5.74) is 11.3. The Balaban J connectivity index is 1.43. The van der Waals surface area contributed by atoms with Gasteiger partial charge in [0.05, 0.1) is 5.56 Å². The second kappa shape index (κ2) is 9.23. The maximum atomic E-state index is 13.1. The molecule has 1 aromatic heterocycles. The molecule has 30 heavy (non-hydrogen) atoms. The van der Waals surface area contributed by atoms with E-state index in [1.165, 1.54) is 16.7 Å². The number of nitrogens with two attached hydrogens (primary N) is 1. The van der Waals surface area contributed by atoms with E-state index in [0.29, 0.717) is 18.0 Å². The van der Waals surface area contributed by atoms with Gasteiger partial charge >= 0.3 is 0 Å². The summed E-state index contributed by atoms with van der Waals surface area (Å²) in [7, 11) is 0. The number of nitrogens with zero attached hydrogens (tertiary/aromatic N) is 2. The highest BCUT2D eigenvalue weighted by atomic mass is 16.2. The van der Waals surface area contributed by atoms with Crippen LogP contribution in [-0.2, 0) is 6.54 Å². The summed E-state index contributed by atoms with van der Waals surface area (Å²) in [5, 5.41) is 0. The summed E-state index contributed by atoms with van der Waals surface area (Å²) in [5.74, 6) is 0.772. The van der Waals surface area contributed by atoms with Crippen molar-refractivity contribution in [2.45, 2.75) is 38.1 Å². The molecule has 4 heteroatoms. The fourth-order valence-corrected chi connectivity index (χ4v) is 4.32. The maximum Gasteiger partial charge on any atom is 0.255 e. The Morgan fingerprint density at radius 3 is 2.53 bits per heavy atom. The number of carbonyl (C=O) groups excluding carboxylic acids is 1. The smallest absolute Gasteiger partial charge is 0.255 e. The highest BCUT2D eigenvalue weighted by Crippen LogP contribution is 2.30. The van der Waals surface area contributed by atoms with Crippen LogP contribution >= 0.6 is 0 Å². The number of hydrogen-bond acceptors (Lipinski definition) is 3. The van der Waals surface area contributed by atoms with Crippen molar-refractivity contribution in [2.75, 3.05) is 13.1 Å². The van der Waals surface area contributed by atoms with E-state index in [2.05, 4.69) is 48.3 Å². The monoisotopic (exact) mass is 399 g/mol. The van der Waals surface area contributed by atoms with Gasteiger partial charge in [0.25, 0.3) is 5.91 Å². The summed E-state index contributed by atoms with van der Waals surface area (Å²) in [4.78, 5) is 19.5. The van der Waals surface area contributed by atoms with E-state index in [-0.39, 0.29) is 11.8 Å². The predicted molar refractivity (Wildman–Crippen MR) is 120 cm³/mol. The Morgan fingerprint density at radius 1 is 1.03 bits per heavy atom. The first-order chi connectivity index (χ1) is 14.7. The molecule has 1 aliphatic rings. The van der Waals surface area contributed by atoms with Crippen molar-refractivity contribution in [3.8, 4) is 0 Å². The van der Waals surface area contributed by atoms with Crippen molar-refractivity contribution in [1.82, 2.24) is 9.88 Å². The number of hydrogen-bond donors (Lipinski definition) is 1. The number of likely N-dealkylation sites (tertiary alicyclic amines) is 1. The molecule has 4 rings (SSSR count). The molecule has 0 spiro atoms. The van der Waals surface area contributed by atoms with Gasteiger partial charge in [-0.25, -0.2) is 0 Å². The Bertz CT molecular complexity index is 994. The van der Waals surface area contributed by atoms with Gasteiger partial charge in [0, 0.05) is 37.9 Å². The lowest BCUT2D eigenvalue weighted by atomic mass is 9.88. The number of benzene rings is 2. The van der Waals surface area contributed by atoms with E-state index in [4.69, 9.17) is 5.73 Å². The van der Waals surface area contributed by atoms with Gasteiger partial charge in [-0.2, -0.15) is 0 Å². The minimum atomic E-state index is 0.0822. The molecule has 0 saturated carbocycles. The number of rotatable bonds is 5. The first-order valence-electron chi connectivity index (χ1n) is 10.7. The second-order valence-electron chi connectivity index (χ2n) is 8.15. The molecular weight excluding hydrogens is 370 g/mol. The van der Waals surface area contributed by atoms with Crippen molar-refractivity contribution in [2.24, 2.45) is 5.73 Å². The van der Waals surface area contributed by atoms with Crippen molar-refractivity contribution < 1.29 is 4.79 Å². The Kier molecular flexibility index (Phi) is 6.24. The van der Waals surface area contributed by atoms with Crippen LogP contribution in [-0.4, -0.2) is 28.9 Å². The molecule has 4 nitrogen and oxygen atoms in total. The average molecular weight is 400 g/mol. The molecule has 0 aliphatic carbocycles. The molecule has 2 aromatic carbocycles. The van der Waals surface area contributed by atoms with E-state index < -0.39 is 0 Å². The van der Waals surface area contributed by atoms with Gasteiger partial charge in [-0.3, -0.25) is 9.78 Å². The topological polar surface area (TPSA) is 59.2 Å². The minimum Gasteiger partial charge on any atom is -0.339 e. The van der Waals surface area contributed by atoms with Crippen LogP contribution < -0.4 is 5.73 Å². The average Bonchev–Trinajstić information content (AvgIpc) is 2.84. The fourth-order valence-electron chi connectivity index (χ4n) is 4.32. The van der Waals surface area contributed by atoms with Crippen molar-refractivity contribution in [3.05, 3.63) is 101 Å². The van der Waals surface area contributed by atoms with Gasteiger partial charge < -0.3 is 10.6 Å². The van der Waals surface area contributed by atoms with Gasteiger partial charge in [0.1, 0.15) is 0 Å². The highest BCUT2D eigenvalue weighted by Gasteiger charge is 2.25.